The Morgan fingerprint density at radius 1 is 1.14 bits per heavy atom. The fourth-order valence-electron chi connectivity index (χ4n) is 2.87. The first-order chi connectivity index (χ1) is 13.5. The number of nitrogens with zero attached hydrogens (tertiary/aromatic N) is 2. The van der Waals surface area contributed by atoms with Crippen molar-refractivity contribution in [1.82, 2.24) is 15.1 Å². The van der Waals surface area contributed by atoms with Crippen LogP contribution in [0.2, 0.25) is 0 Å². The Balaban J connectivity index is 2.26. The molecule has 7 heteroatoms. The van der Waals surface area contributed by atoms with Crippen molar-refractivity contribution in [2.24, 2.45) is 0 Å². The van der Waals surface area contributed by atoms with E-state index in [1.807, 2.05) is 13.8 Å². The highest BCUT2D eigenvalue weighted by molar-refractivity contribution is 6.05. The van der Waals surface area contributed by atoms with Crippen LogP contribution < -0.4 is 20.3 Å². The molecular formula is C21H23N3O4. The monoisotopic (exact) mass is 381 g/mol. The van der Waals surface area contributed by atoms with Gasteiger partial charge in [-0.3, -0.25) is 9.59 Å². The summed E-state index contributed by atoms with van der Waals surface area (Å²) in [7, 11) is 3.05. The maximum Gasteiger partial charge on any atom is 0.279 e. The summed E-state index contributed by atoms with van der Waals surface area (Å²) in [6.07, 6.45) is 0.787. The molecule has 1 N–H and O–H groups in total. The lowest BCUT2D eigenvalue weighted by molar-refractivity contribution is 0.0934. The van der Waals surface area contributed by atoms with Gasteiger partial charge in [-0.1, -0.05) is 25.1 Å². The molecule has 0 aliphatic heterocycles. The van der Waals surface area contributed by atoms with Gasteiger partial charge in [0.05, 0.1) is 19.6 Å². The number of carbonyl (C=O) groups is 1. The molecule has 3 aromatic rings. The minimum absolute atomic E-state index is 0.0102. The first kappa shape index (κ1) is 19.4. The van der Waals surface area contributed by atoms with Gasteiger partial charge in [0.15, 0.2) is 5.69 Å². The largest absolute Gasteiger partial charge is 0.497 e. The molecule has 1 heterocycles. The average Bonchev–Trinajstić information content (AvgIpc) is 2.73. The van der Waals surface area contributed by atoms with E-state index in [-0.39, 0.29) is 23.2 Å². The molecule has 2 aromatic carbocycles. The third-order valence-electron chi connectivity index (χ3n) is 4.62. The van der Waals surface area contributed by atoms with Gasteiger partial charge in [-0.25, -0.2) is 0 Å². The standard InChI is InChI=1S/C21H23N3O4/c1-5-13(2)22-20(25)19-15-8-6-7-9-16(15)21(26)24(23-19)17-11-10-14(27-3)12-18(17)28-4/h6-13H,5H2,1-4H3,(H,22,25). The summed E-state index contributed by atoms with van der Waals surface area (Å²) in [5.41, 5.74) is 0.282. The third-order valence-corrected chi connectivity index (χ3v) is 4.62. The van der Waals surface area contributed by atoms with E-state index >= 15 is 0 Å². The molecule has 0 saturated heterocycles. The number of ether oxygens (including phenoxy) is 2. The summed E-state index contributed by atoms with van der Waals surface area (Å²) < 4.78 is 11.8. The predicted octanol–water partition coefficient (Wildman–Crippen LogP) is 2.93. The number of aromatic nitrogens is 2. The molecule has 0 saturated carbocycles. The number of carbonyl (C=O) groups excluding carboxylic acids is 1. The minimum atomic E-state index is -0.334. The molecule has 1 unspecified atom stereocenters. The SMILES string of the molecule is CCC(C)NC(=O)c1nn(-c2ccc(OC)cc2OC)c(=O)c2ccccc12. The zero-order valence-electron chi connectivity index (χ0n) is 16.4. The fourth-order valence-corrected chi connectivity index (χ4v) is 2.87. The van der Waals surface area contributed by atoms with Gasteiger partial charge in [0, 0.05) is 17.5 Å². The van der Waals surface area contributed by atoms with Gasteiger partial charge in [0.2, 0.25) is 0 Å². The molecule has 1 amide bonds. The van der Waals surface area contributed by atoms with Crippen LogP contribution in [-0.4, -0.2) is 35.9 Å². The number of fused-ring (bicyclic) bond motifs is 1. The van der Waals surface area contributed by atoms with Crippen molar-refractivity contribution in [3.05, 3.63) is 58.5 Å². The van der Waals surface area contributed by atoms with Gasteiger partial charge in [-0.2, -0.15) is 9.78 Å². The van der Waals surface area contributed by atoms with Crippen LogP contribution in [0.4, 0.5) is 0 Å². The van der Waals surface area contributed by atoms with E-state index in [4.69, 9.17) is 9.47 Å². The van der Waals surface area contributed by atoms with Crippen LogP contribution in [0.15, 0.2) is 47.3 Å². The molecule has 7 nitrogen and oxygen atoms in total. The highest BCUT2D eigenvalue weighted by Gasteiger charge is 2.20. The number of nitrogens with one attached hydrogen (secondary N) is 1. The number of hydrogen-bond acceptors (Lipinski definition) is 5. The zero-order valence-corrected chi connectivity index (χ0v) is 16.4. The summed E-state index contributed by atoms with van der Waals surface area (Å²) in [5.74, 6) is 0.675. The van der Waals surface area contributed by atoms with Gasteiger partial charge < -0.3 is 14.8 Å². The summed E-state index contributed by atoms with van der Waals surface area (Å²) in [6.45, 7) is 3.90. The van der Waals surface area contributed by atoms with E-state index in [1.165, 1.54) is 11.8 Å². The number of benzene rings is 2. The van der Waals surface area contributed by atoms with E-state index in [0.717, 1.165) is 6.42 Å². The molecule has 1 aromatic heterocycles. The second-order valence-corrected chi connectivity index (χ2v) is 6.43. The molecular weight excluding hydrogens is 358 g/mol. The van der Waals surface area contributed by atoms with Crippen molar-refractivity contribution in [1.29, 1.82) is 0 Å². The number of hydrogen-bond donors (Lipinski definition) is 1. The summed E-state index contributed by atoms with van der Waals surface area (Å²) in [4.78, 5) is 25.9. The van der Waals surface area contributed by atoms with Crippen LogP contribution in [0.25, 0.3) is 16.5 Å². The number of methoxy groups -OCH3 is 2. The van der Waals surface area contributed by atoms with E-state index in [2.05, 4.69) is 10.4 Å². The van der Waals surface area contributed by atoms with Gasteiger partial charge in [-0.15, -0.1) is 0 Å². The van der Waals surface area contributed by atoms with Gasteiger partial charge in [0.1, 0.15) is 17.2 Å². The van der Waals surface area contributed by atoms with Crippen molar-refractivity contribution in [3.8, 4) is 17.2 Å². The van der Waals surface area contributed by atoms with Crippen molar-refractivity contribution in [2.45, 2.75) is 26.3 Å². The van der Waals surface area contributed by atoms with E-state index in [0.29, 0.717) is 28.0 Å². The Bertz CT molecular complexity index is 1070. The molecule has 1 atom stereocenters. The molecule has 0 aliphatic rings. The quantitative estimate of drug-likeness (QED) is 0.710. The lowest BCUT2D eigenvalue weighted by Crippen LogP contribution is -2.35. The lowest BCUT2D eigenvalue weighted by Gasteiger charge is -2.15. The molecule has 0 fully saturated rings. The molecule has 3 rings (SSSR count). The van der Waals surface area contributed by atoms with E-state index in [9.17, 15) is 9.59 Å². The maximum absolute atomic E-state index is 13.1. The minimum Gasteiger partial charge on any atom is -0.497 e. The van der Waals surface area contributed by atoms with Crippen molar-refractivity contribution >= 4 is 16.7 Å². The maximum atomic E-state index is 13.1. The van der Waals surface area contributed by atoms with Crippen molar-refractivity contribution in [3.63, 3.8) is 0 Å². The van der Waals surface area contributed by atoms with Gasteiger partial charge >= 0.3 is 0 Å². The van der Waals surface area contributed by atoms with Crippen LogP contribution in [0.1, 0.15) is 30.8 Å². The fraction of sp³-hybridized carbons (Fsp3) is 0.286. The predicted molar refractivity (Wildman–Crippen MR) is 108 cm³/mol. The second kappa shape index (κ2) is 8.12. The summed E-state index contributed by atoms with van der Waals surface area (Å²) in [5, 5.41) is 8.23. The number of amides is 1. The Hall–Kier alpha value is -3.35. The highest BCUT2D eigenvalue weighted by atomic mass is 16.5. The molecule has 28 heavy (non-hydrogen) atoms. The Kier molecular flexibility index (Phi) is 5.63. The molecule has 0 bridgehead atoms. The van der Waals surface area contributed by atoms with Gasteiger partial charge in [-0.05, 0) is 31.5 Å². The van der Waals surface area contributed by atoms with E-state index in [1.54, 1.807) is 49.6 Å². The highest BCUT2D eigenvalue weighted by Crippen LogP contribution is 2.27. The van der Waals surface area contributed by atoms with Crippen molar-refractivity contribution < 1.29 is 14.3 Å². The first-order valence-electron chi connectivity index (χ1n) is 9.05. The topological polar surface area (TPSA) is 82.5 Å². The smallest absolute Gasteiger partial charge is 0.279 e. The Labute approximate surface area is 162 Å². The van der Waals surface area contributed by atoms with Gasteiger partial charge in [0.25, 0.3) is 11.5 Å². The molecule has 0 aliphatic carbocycles. The average molecular weight is 381 g/mol. The van der Waals surface area contributed by atoms with E-state index < -0.39 is 0 Å². The molecule has 0 radical (unpaired) electrons. The second-order valence-electron chi connectivity index (χ2n) is 6.43. The third kappa shape index (κ3) is 3.55. The van der Waals surface area contributed by atoms with Crippen molar-refractivity contribution in [2.75, 3.05) is 14.2 Å². The van der Waals surface area contributed by atoms with Crippen LogP contribution in [0, 0.1) is 0 Å². The zero-order chi connectivity index (χ0) is 20.3. The van der Waals surface area contributed by atoms with Crippen LogP contribution in [0.3, 0.4) is 0 Å². The summed E-state index contributed by atoms with van der Waals surface area (Å²) >= 11 is 0. The number of rotatable bonds is 6. The molecule has 146 valence electrons. The van der Waals surface area contributed by atoms with Crippen LogP contribution in [-0.2, 0) is 0 Å². The first-order valence-corrected chi connectivity index (χ1v) is 9.05. The Morgan fingerprint density at radius 3 is 2.50 bits per heavy atom. The summed E-state index contributed by atoms with van der Waals surface area (Å²) in [6, 6.07) is 12.0. The van der Waals surface area contributed by atoms with Crippen LogP contribution >= 0.6 is 0 Å². The van der Waals surface area contributed by atoms with Crippen LogP contribution in [0.5, 0.6) is 11.5 Å². The Morgan fingerprint density at radius 2 is 1.86 bits per heavy atom. The lowest BCUT2D eigenvalue weighted by atomic mass is 10.1. The molecule has 0 spiro atoms. The normalized spacial score (nSPS) is 11.9.